The highest BCUT2D eigenvalue weighted by Crippen LogP contribution is 2.28. The van der Waals surface area contributed by atoms with E-state index in [1.807, 2.05) is 0 Å². The second-order valence-electron chi connectivity index (χ2n) is 8.21. The van der Waals surface area contributed by atoms with Crippen LogP contribution in [0.1, 0.15) is 21.5 Å². The highest BCUT2D eigenvalue weighted by atomic mass is 35.5. The summed E-state index contributed by atoms with van der Waals surface area (Å²) in [4.78, 5) is 26.2. The molecule has 0 saturated carbocycles. The molecule has 0 aliphatic rings. The van der Waals surface area contributed by atoms with Gasteiger partial charge in [0.25, 0.3) is 10.0 Å². The molecule has 0 heterocycles. The minimum Gasteiger partial charge on any atom is -0.324 e. The number of sulfonamides is 1. The van der Waals surface area contributed by atoms with Crippen LogP contribution < -0.4 is 9.62 Å². The Balaban J connectivity index is 1.68. The maximum atomic E-state index is 14.7. The van der Waals surface area contributed by atoms with Crippen molar-refractivity contribution in [2.45, 2.75) is 11.8 Å². The van der Waals surface area contributed by atoms with E-state index in [4.69, 9.17) is 11.6 Å². The molecular weight excluding hydrogens is 515 g/mol. The summed E-state index contributed by atoms with van der Waals surface area (Å²) in [5.41, 5.74) is 1.22. The van der Waals surface area contributed by atoms with E-state index in [1.165, 1.54) is 48.5 Å². The summed E-state index contributed by atoms with van der Waals surface area (Å²) in [6, 6.07) is 24.1. The molecule has 0 aliphatic heterocycles. The van der Waals surface area contributed by atoms with E-state index >= 15 is 0 Å². The van der Waals surface area contributed by atoms with Gasteiger partial charge in [-0.3, -0.25) is 13.9 Å². The Hall–Kier alpha value is -4.01. The molecule has 4 rings (SSSR count). The van der Waals surface area contributed by atoms with Gasteiger partial charge < -0.3 is 5.32 Å². The molecule has 0 aromatic heterocycles. The molecule has 1 amide bonds. The molecule has 0 radical (unpaired) electrons. The summed E-state index contributed by atoms with van der Waals surface area (Å²) in [5.74, 6) is -1.96. The highest BCUT2D eigenvalue weighted by molar-refractivity contribution is 7.92. The normalized spacial score (nSPS) is 11.1. The zero-order valence-corrected chi connectivity index (χ0v) is 21.3. The molecule has 0 saturated heterocycles. The van der Waals surface area contributed by atoms with Gasteiger partial charge in [0.15, 0.2) is 5.78 Å². The quantitative estimate of drug-likeness (QED) is 0.286. The number of nitrogens with one attached hydrogen (secondary N) is 1. The van der Waals surface area contributed by atoms with Crippen molar-refractivity contribution in [2.75, 3.05) is 16.2 Å². The van der Waals surface area contributed by atoms with Crippen molar-refractivity contribution < 1.29 is 22.4 Å². The molecule has 0 aliphatic carbocycles. The molecular formula is C28H22ClFN2O4S. The van der Waals surface area contributed by atoms with Gasteiger partial charge in [0.05, 0.1) is 16.3 Å². The molecule has 0 fully saturated rings. The van der Waals surface area contributed by atoms with Crippen molar-refractivity contribution in [3.05, 3.63) is 125 Å². The van der Waals surface area contributed by atoms with Gasteiger partial charge in [-0.15, -0.1) is 0 Å². The topological polar surface area (TPSA) is 83.6 Å². The second-order valence-corrected chi connectivity index (χ2v) is 10.5. The van der Waals surface area contributed by atoms with Crippen LogP contribution in [0.2, 0.25) is 5.02 Å². The molecule has 0 bridgehead atoms. The van der Waals surface area contributed by atoms with Crippen molar-refractivity contribution >= 4 is 44.7 Å². The summed E-state index contributed by atoms with van der Waals surface area (Å²) < 4.78 is 42.4. The van der Waals surface area contributed by atoms with E-state index in [0.29, 0.717) is 9.87 Å². The first-order valence-electron chi connectivity index (χ1n) is 11.2. The lowest BCUT2D eigenvalue weighted by atomic mass is 10.0. The minimum atomic E-state index is -4.31. The Labute approximate surface area is 219 Å². The Morgan fingerprint density at radius 3 is 2.22 bits per heavy atom. The zero-order valence-electron chi connectivity index (χ0n) is 19.7. The number of nitrogens with zero attached hydrogens (tertiary/aromatic N) is 1. The number of para-hydroxylation sites is 1. The van der Waals surface area contributed by atoms with Crippen molar-refractivity contribution in [2.24, 2.45) is 0 Å². The van der Waals surface area contributed by atoms with Crippen LogP contribution in [-0.2, 0) is 14.8 Å². The molecule has 1 N–H and O–H groups in total. The number of hydrogen-bond acceptors (Lipinski definition) is 4. The maximum absolute atomic E-state index is 14.7. The van der Waals surface area contributed by atoms with Crippen LogP contribution in [-0.4, -0.2) is 26.7 Å². The fraction of sp³-hybridized carbons (Fsp3) is 0.0714. The smallest absolute Gasteiger partial charge is 0.264 e. The molecule has 9 heteroatoms. The van der Waals surface area contributed by atoms with Gasteiger partial charge >= 0.3 is 0 Å². The molecule has 4 aromatic rings. The second kappa shape index (κ2) is 10.9. The third-order valence-electron chi connectivity index (χ3n) is 5.55. The van der Waals surface area contributed by atoms with E-state index in [0.717, 1.165) is 11.6 Å². The Bertz CT molecular complexity index is 1560. The van der Waals surface area contributed by atoms with Crippen LogP contribution in [0.5, 0.6) is 0 Å². The monoisotopic (exact) mass is 536 g/mol. The lowest BCUT2D eigenvalue weighted by Gasteiger charge is -2.24. The van der Waals surface area contributed by atoms with Crippen LogP contribution in [0, 0.1) is 12.7 Å². The van der Waals surface area contributed by atoms with Crippen LogP contribution in [0.15, 0.2) is 102 Å². The van der Waals surface area contributed by atoms with Gasteiger partial charge in [-0.25, -0.2) is 12.8 Å². The maximum Gasteiger partial charge on any atom is 0.264 e. The van der Waals surface area contributed by atoms with E-state index in [2.05, 4.69) is 5.32 Å². The van der Waals surface area contributed by atoms with E-state index in [9.17, 15) is 22.4 Å². The highest BCUT2D eigenvalue weighted by Gasteiger charge is 2.29. The van der Waals surface area contributed by atoms with Gasteiger partial charge in [-0.2, -0.15) is 0 Å². The number of halogens is 2. The van der Waals surface area contributed by atoms with Crippen molar-refractivity contribution in [1.29, 1.82) is 0 Å². The SMILES string of the molecule is Cc1ccc(S(=O)(=O)N(CC(=O)Nc2ccc(Cl)cc2C(=O)c2ccccc2)c2ccccc2F)cc1. The van der Waals surface area contributed by atoms with Crippen LogP contribution in [0.4, 0.5) is 15.8 Å². The van der Waals surface area contributed by atoms with Gasteiger partial charge in [0.2, 0.25) is 5.91 Å². The average Bonchev–Trinajstić information content (AvgIpc) is 2.89. The first-order valence-corrected chi connectivity index (χ1v) is 13.0. The predicted octanol–water partition coefficient (Wildman–Crippen LogP) is 5.85. The fourth-order valence-electron chi connectivity index (χ4n) is 3.67. The van der Waals surface area contributed by atoms with Crippen LogP contribution in [0.25, 0.3) is 0 Å². The van der Waals surface area contributed by atoms with E-state index in [1.54, 1.807) is 49.4 Å². The van der Waals surface area contributed by atoms with Gasteiger partial charge in [-0.05, 0) is 49.4 Å². The number of rotatable bonds is 8. The lowest BCUT2D eigenvalue weighted by molar-refractivity contribution is -0.114. The number of aryl methyl sites for hydroxylation is 1. The molecule has 37 heavy (non-hydrogen) atoms. The molecule has 0 atom stereocenters. The Kier molecular flexibility index (Phi) is 7.71. The van der Waals surface area contributed by atoms with Crippen LogP contribution >= 0.6 is 11.6 Å². The standard InChI is InChI=1S/C28H22ClFN2O4S/c1-19-11-14-22(15-12-19)37(35,36)32(26-10-6-5-9-24(26)30)18-27(33)31-25-16-13-21(29)17-23(25)28(34)20-7-3-2-4-8-20/h2-17H,18H2,1H3,(H,31,33). The summed E-state index contributed by atoms with van der Waals surface area (Å²) >= 11 is 6.11. The molecule has 0 unspecified atom stereocenters. The molecule has 188 valence electrons. The van der Waals surface area contributed by atoms with E-state index in [-0.39, 0.29) is 32.6 Å². The zero-order chi connectivity index (χ0) is 26.6. The van der Waals surface area contributed by atoms with Crippen LogP contribution in [0.3, 0.4) is 0 Å². The predicted molar refractivity (Wildman–Crippen MR) is 142 cm³/mol. The van der Waals surface area contributed by atoms with Gasteiger partial charge in [0, 0.05) is 16.1 Å². The van der Waals surface area contributed by atoms with E-state index < -0.39 is 28.3 Å². The molecule has 6 nitrogen and oxygen atoms in total. The number of hydrogen-bond donors (Lipinski definition) is 1. The number of ketones is 1. The summed E-state index contributed by atoms with van der Waals surface area (Å²) in [6.45, 7) is 1.07. The largest absolute Gasteiger partial charge is 0.324 e. The number of carbonyl (C=O) groups is 2. The summed E-state index contributed by atoms with van der Waals surface area (Å²) in [5, 5.41) is 2.88. The first-order chi connectivity index (χ1) is 17.7. The van der Waals surface area contributed by atoms with Crippen molar-refractivity contribution in [3.8, 4) is 0 Å². The first kappa shape index (κ1) is 26.1. The van der Waals surface area contributed by atoms with Crippen molar-refractivity contribution in [3.63, 3.8) is 0 Å². The van der Waals surface area contributed by atoms with Gasteiger partial charge in [-0.1, -0.05) is 71.8 Å². The number of amides is 1. The lowest BCUT2D eigenvalue weighted by Crippen LogP contribution is -2.38. The summed E-state index contributed by atoms with van der Waals surface area (Å²) in [7, 11) is -4.31. The minimum absolute atomic E-state index is 0.0967. The Morgan fingerprint density at radius 2 is 1.54 bits per heavy atom. The molecule has 4 aromatic carbocycles. The molecule has 0 spiro atoms. The average molecular weight is 537 g/mol. The number of carbonyl (C=O) groups excluding carboxylic acids is 2. The Morgan fingerprint density at radius 1 is 0.892 bits per heavy atom. The number of anilines is 2. The van der Waals surface area contributed by atoms with Gasteiger partial charge in [0.1, 0.15) is 12.4 Å². The third-order valence-corrected chi connectivity index (χ3v) is 7.56. The fourth-order valence-corrected chi connectivity index (χ4v) is 5.27. The third kappa shape index (κ3) is 5.87. The number of benzene rings is 4. The van der Waals surface area contributed by atoms with Crippen molar-refractivity contribution in [1.82, 2.24) is 0 Å². The summed E-state index contributed by atoms with van der Waals surface area (Å²) in [6.07, 6.45) is 0.